The number of hydrogen-bond donors (Lipinski definition) is 1. The normalized spacial score (nSPS) is 34.3. The van der Waals surface area contributed by atoms with Crippen molar-refractivity contribution in [1.82, 2.24) is 4.90 Å². The Hall–Kier alpha value is -0.940. The lowest BCUT2D eigenvalue weighted by Gasteiger charge is -2.25. The van der Waals surface area contributed by atoms with Crippen LogP contribution in [0.25, 0.3) is 0 Å². The first-order valence-electron chi connectivity index (χ1n) is 6.06. The minimum Gasteiger partial charge on any atom is -0.394 e. The molecule has 1 N–H and O–H groups in total. The first kappa shape index (κ1) is 12.5. The third-order valence-electron chi connectivity index (χ3n) is 3.84. The maximum absolute atomic E-state index is 12.2. The summed E-state index contributed by atoms with van der Waals surface area (Å²) in [6.45, 7) is 2.03. The first-order valence-corrected chi connectivity index (χ1v) is 6.06. The van der Waals surface area contributed by atoms with Gasteiger partial charge in [0.2, 0.25) is 11.8 Å². The Balaban J connectivity index is 2.16. The number of likely N-dealkylation sites (tertiary alicyclic amines) is 1. The highest BCUT2D eigenvalue weighted by Gasteiger charge is 2.53. The van der Waals surface area contributed by atoms with Crippen LogP contribution in [0.3, 0.4) is 0 Å². The Morgan fingerprint density at radius 2 is 1.88 bits per heavy atom. The summed E-state index contributed by atoms with van der Waals surface area (Å²) in [7, 11) is 1.50. The van der Waals surface area contributed by atoms with Crippen LogP contribution < -0.4 is 0 Å². The van der Waals surface area contributed by atoms with E-state index in [1.54, 1.807) is 0 Å². The van der Waals surface area contributed by atoms with Gasteiger partial charge in [0.1, 0.15) is 0 Å². The van der Waals surface area contributed by atoms with Crippen LogP contribution in [-0.4, -0.2) is 48.2 Å². The molecule has 2 fully saturated rings. The lowest BCUT2D eigenvalue weighted by atomic mass is 10.00. The number of hydrogen-bond acceptors (Lipinski definition) is 4. The summed E-state index contributed by atoms with van der Waals surface area (Å²) in [4.78, 5) is 25.5. The summed E-state index contributed by atoms with van der Waals surface area (Å²) >= 11 is 0. The van der Waals surface area contributed by atoms with Gasteiger partial charge in [-0.05, 0) is 18.8 Å². The Morgan fingerprint density at radius 1 is 1.35 bits per heavy atom. The Bertz CT molecular complexity index is 306. The second-order valence-electron chi connectivity index (χ2n) is 5.13. The van der Waals surface area contributed by atoms with E-state index >= 15 is 0 Å². The Morgan fingerprint density at radius 3 is 2.29 bits per heavy atom. The van der Waals surface area contributed by atoms with Gasteiger partial charge in [-0.1, -0.05) is 6.92 Å². The third kappa shape index (κ3) is 1.98. The number of nitrogens with zero attached hydrogens (tertiary/aromatic N) is 1. The van der Waals surface area contributed by atoms with Crippen LogP contribution in [0.1, 0.15) is 19.8 Å². The van der Waals surface area contributed by atoms with Crippen LogP contribution in [-0.2, 0) is 14.3 Å². The standard InChI is InChI=1S/C12H19NO4/c1-7-3-9-10(4-7)12(16)13(11(9)15)8(5-14)6-17-2/h7-10,14H,3-6H2,1-2H3. The Kier molecular flexibility index (Phi) is 3.49. The lowest BCUT2D eigenvalue weighted by molar-refractivity contribution is -0.145. The Labute approximate surface area is 101 Å². The van der Waals surface area contributed by atoms with E-state index < -0.39 is 6.04 Å². The number of aliphatic hydroxyl groups is 1. The molecule has 2 rings (SSSR count). The molecule has 3 unspecified atom stereocenters. The average Bonchev–Trinajstić information content (AvgIpc) is 2.78. The quantitative estimate of drug-likeness (QED) is 0.705. The molecule has 0 aromatic carbocycles. The minimum absolute atomic E-state index is 0.125. The summed E-state index contributed by atoms with van der Waals surface area (Å²) in [6, 6.07) is -0.527. The molecule has 0 spiro atoms. The van der Waals surface area contributed by atoms with Crippen LogP contribution in [0, 0.1) is 17.8 Å². The number of ether oxygens (including phenoxy) is 1. The molecule has 2 amide bonds. The van der Waals surface area contributed by atoms with Gasteiger partial charge in [0, 0.05) is 7.11 Å². The lowest BCUT2D eigenvalue weighted by Crippen LogP contribution is -2.45. The molecule has 1 saturated heterocycles. The SMILES string of the molecule is COCC(CO)N1C(=O)C2CC(C)CC2C1=O. The second-order valence-corrected chi connectivity index (χ2v) is 5.13. The van der Waals surface area contributed by atoms with Crippen LogP contribution in [0.15, 0.2) is 0 Å². The highest BCUT2D eigenvalue weighted by Crippen LogP contribution is 2.43. The van der Waals surface area contributed by atoms with Crippen molar-refractivity contribution < 1.29 is 19.4 Å². The van der Waals surface area contributed by atoms with Gasteiger partial charge in [-0.15, -0.1) is 0 Å². The molecule has 96 valence electrons. The van der Waals surface area contributed by atoms with Crippen LogP contribution in [0.5, 0.6) is 0 Å². The zero-order chi connectivity index (χ0) is 12.6. The zero-order valence-electron chi connectivity index (χ0n) is 10.3. The molecule has 0 aromatic rings. The number of aliphatic hydroxyl groups excluding tert-OH is 1. The number of fused-ring (bicyclic) bond motifs is 1. The fourth-order valence-electron chi connectivity index (χ4n) is 3.06. The maximum Gasteiger partial charge on any atom is 0.233 e. The summed E-state index contributed by atoms with van der Waals surface area (Å²) in [5, 5.41) is 9.24. The van der Waals surface area contributed by atoms with Gasteiger partial charge in [0.15, 0.2) is 0 Å². The van der Waals surface area contributed by atoms with E-state index in [2.05, 4.69) is 6.92 Å². The highest BCUT2D eigenvalue weighted by molar-refractivity contribution is 6.05. The van der Waals surface area contributed by atoms with Crippen molar-refractivity contribution >= 4 is 11.8 Å². The summed E-state index contributed by atoms with van der Waals surface area (Å²) < 4.78 is 4.94. The van der Waals surface area contributed by atoms with Gasteiger partial charge in [0.25, 0.3) is 0 Å². The molecule has 1 saturated carbocycles. The monoisotopic (exact) mass is 241 g/mol. The molecule has 2 aliphatic rings. The van der Waals surface area contributed by atoms with Gasteiger partial charge in [-0.3, -0.25) is 14.5 Å². The molecule has 1 aliphatic carbocycles. The molecule has 3 atom stereocenters. The number of methoxy groups -OCH3 is 1. The van der Waals surface area contributed by atoms with Gasteiger partial charge in [-0.2, -0.15) is 0 Å². The molecule has 0 radical (unpaired) electrons. The van der Waals surface area contributed by atoms with E-state index in [0.29, 0.717) is 5.92 Å². The van der Waals surface area contributed by atoms with E-state index in [4.69, 9.17) is 4.74 Å². The fraction of sp³-hybridized carbons (Fsp3) is 0.833. The molecular weight excluding hydrogens is 222 g/mol. The van der Waals surface area contributed by atoms with Crippen molar-refractivity contribution in [1.29, 1.82) is 0 Å². The van der Waals surface area contributed by atoms with Crippen molar-refractivity contribution in [2.45, 2.75) is 25.8 Å². The molecular formula is C12H19NO4. The van der Waals surface area contributed by atoms with Gasteiger partial charge < -0.3 is 9.84 Å². The van der Waals surface area contributed by atoms with Crippen molar-refractivity contribution in [2.75, 3.05) is 20.3 Å². The van der Waals surface area contributed by atoms with Crippen LogP contribution >= 0.6 is 0 Å². The number of carbonyl (C=O) groups is 2. The molecule has 5 nitrogen and oxygen atoms in total. The van der Waals surface area contributed by atoms with Crippen molar-refractivity contribution in [3.63, 3.8) is 0 Å². The number of amides is 2. The molecule has 0 aromatic heterocycles. The van der Waals surface area contributed by atoms with E-state index in [9.17, 15) is 14.7 Å². The van der Waals surface area contributed by atoms with E-state index in [1.807, 2.05) is 0 Å². The van der Waals surface area contributed by atoms with E-state index in [0.717, 1.165) is 12.8 Å². The average molecular weight is 241 g/mol. The molecule has 1 heterocycles. The van der Waals surface area contributed by atoms with Crippen LogP contribution in [0.2, 0.25) is 0 Å². The molecule has 17 heavy (non-hydrogen) atoms. The van der Waals surface area contributed by atoms with E-state index in [-0.39, 0.29) is 36.9 Å². The summed E-state index contributed by atoms with van der Waals surface area (Å²) in [5.74, 6) is -0.136. The van der Waals surface area contributed by atoms with Crippen molar-refractivity contribution in [3.05, 3.63) is 0 Å². The van der Waals surface area contributed by atoms with Crippen molar-refractivity contribution in [3.8, 4) is 0 Å². The first-order chi connectivity index (χ1) is 8.10. The number of carbonyl (C=O) groups excluding carboxylic acids is 2. The van der Waals surface area contributed by atoms with E-state index in [1.165, 1.54) is 12.0 Å². The third-order valence-corrected chi connectivity index (χ3v) is 3.84. The predicted octanol–water partition coefficient (Wildman–Crippen LogP) is 0.0248. The molecule has 5 heteroatoms. The van der Waals surface area contributed by atoms with Gasteiger partial charge >= 0.3 is 0 Å². The highest BCUT2D eigenvalue weighted by atomic mass is 16.5. The van der Waals surface area contributed by atoms with Gasteiger partial charge in [-0.25, -0.2) is 0 Å². The van der Waals surface area contributed by atoms with Crippen LogP contribution in [0.4, 0.5) is 0 Å². The molecule has 0 bridgehead atoms. The fourth-order valence-corrected chi connectivity index (χ4v) is 3.06. The smallest absolute Gasteiger partial charge is 0.233 e. The minimum atomic E-state index is -0.527. The zero-order valence-corrected chi connectivity index (χ0v) is 10.3. The predicted molar refractivity (Wildman–Crippen MR) is 60.0 cm³/mol. The summed E-state index contributed by atoms with van der Waals surface area (Å²) in [6.07, 6.45) is 1.58. The maximum atomic E-state index is 12.2. The van der Waals surface area contributed by atoms with Crippen molar-refractivity contribution in [2.24, 2.45) is 17.8 Å². The van der Waals surface area contributed by atoms with Gasteiger partial charge in [0.05, 0.1) is 31.1 Å². The largest absolute Gasteiger partial charge is 0.394 e. The molecule has 1 aliphatic heterocycles. The number of rotatable bonds is 4. The topological polar surface area (TPSA) is 66.8 Å². The second kappa shape index (κ2) is 4.74. The number of imide groups is 1. The summed E-state index contributed by atoms with van der Waals surface area (Å²) in [5.41, 5.74) is 0.